The van der Waals surface area contributed by atoms with Crippen LogP contribution in [0.5, 0.6) is 0 Å². The lowest BCUT2D eigenvalue weighted by Gasteiger charge is -2.05. The van der Waals surface area contributed by atoms with E-state index in [4.69, 9.17) is 22.1 Å². The molecule has 1 aromatic heterocycles. The molecule has 0 saturated heterocycles. The van der Waals surface area contributed by atoms with Crippen molar-refractivity contribution in [2.24, 2.45) is 0 Å². The number of methoxy groups -OCH3 is 1. The Labute approximate surface area is 98.9 Å². The van der Waals surface area contributed by atoms with Crippen LogP contribution in [0.2, 0.25) is 5.02 Å². The molecule has 0 atom stereocenters. The number of nitrogens with zero attached hydrogens (tertiary/aromatic N) is 1. The van der Waals surface area contributed by atoms with Crippen molar-refractivity contribution in [2.75, 3.05) is 32.5 Å². The van der Waals surface area contributed by atoms with Gasteiger partial charge >= 0.3 is 0 Å². The van der Waals surface area contributed by atoms with Gasteiger partial charge in [-0.15, -0.1) is 0 Å². The number of nitrogens with one attached hydrogen (secondary N) is 1. The molecule has 0 spiro atoms. The normalized spacial score (nSPS) is 10.4. The van der Waals surface area contributed by atoms with Gasteiger partial charge in [-0.3, -0.25) is 4.79 Å². The third-order valence-electron chi connectivity index (χ3n) is 1.95. The van der Waals surface area contributed by atoms with Gasteiger partial charge in [-0.2, -0.15) is 0 Å². The molecule has 3 N–H and O–H groups in total. The molecule has 0 saturated carbocycles. The zero-order valence-electron chi connectivity index (χ0n) is 9.00. The Morgan fingerprint density at radius 1 is 1.69 bits per heavy atom. The van der Waals surface area contributed by atoms with Crippen molar-refractivity contribution >= 4 is 23.2 Å². The predicted octanol–water partition coefficient (Wildman–Crippen LogP) is 0.736. The second-order valence-electron chi connectivity index (χ2n) is 3.18. The minimum atomic E-state index is -0.136. The fourth-order valence-corrected chi connectivity index (χ4v) is 1.30. The van der Waals surface area contributed by atoms with Crippen molar-refractivity contribution in [3.8, 4) is 0 Å². The Bertz CT molecular complexity index is 371. The van der Waals surface area contributed by atoms with E-state index in [2.05, 4.69) is 10.3 Å². The molecule has 1 heterocycles. The van der Waals surface area contributed by atoms with Crippen LogP contribution in [-0.2, 0) is 4.74 Å². The fourth-order valence-electron chi connectivity index (χ4n) is 1.14. The van der Waals surface area contributed by atoms with E-state index in [1.54, 1.807) is 7.11 Å². The molecule has 0 amide bonds. The highest BCUT2D eigenvalue weighted by Gasteiger charge is 2.10. The van der Waals surface area contributed by atoms with E-state index in [9.17, 15) is 4.79 Å². The van der Waals surface area contributed by atoms with E-state index in [1.165, 1.54) is 12.3 Å². The molecule has 16 heavy (non-hydrogen) atoms. The van der Waals surface area contributed by atoms with Crippen molar-refractivity contribution in [3.05, 3.63) is 22.8 Å². The Kier molecular flexibility index (Phi) is 5.18. The van der Waals surface area contributed by atoms with Crippen molar-refractivity contribution in [1.29, 1.82) is 0 Å². The van der Waals surface area contributed by atoms with E-state index >= 15 is 0 Å². The molecule has 0 aliphatic heterocycles. The third-order valence-corrected chi connectivity index (χ3v) is 2.16. The van der Waals surface area contributed by atoms with E-state index in [1.807, 2.05) is 0 Å². The summed E-state index contributed by atoms with van der Waals surface area (Å²) in [7, 11) is 1.60. The predicted molar refractivity (Wildman–Crippen MR) is 62.7 cm³/mol. The zero-order valence-corrected chi connectivity index (χ0v) is 9.75. The molecule has 0 aliphatic rings. The number of aromatic nitrogens is 1. The van der Waals surface area contributed by atoms with Crippen molar-refractivity contribution in [3.63, 3.8) is 0 Å². The van der Waals surface area contributed by atoms with Crippen LogP contribution in [0.4, 0.5) is 5.82 Å². The number of ether oxygens (including phenoxy) is 1. The number of carbonyl (C=O) groups is 1. The number of Topliss-reactive ketones (excluding diaryl/α,β-unsaturated/α-hetero) is 1. The van der Waals surface area contributed by atoms with Crippen molar-refractivity contribution in [1.82, 2.24) is 10.3 Å². The van der Waals surface area contributed by atoms with Crippen LogP contribution in [0.15, 0.2) is 12.3 Å². The monoisotopic (exact) mass is 243 g/mol. The molecular formula is C10H14ClN3O2. The molecule has 0 unspecified atom stereocenters. The average molecular weight is 244 g/mol. The number of pyridine rings is 1. The molecule has 6 heteroatoms. The first-order valence-corrected chi connectivity index (χ1v) is 5.17. The molecule has 5 nitrogen and oxygen atoms in total. The van der Waals surface area contributed by atoms with Crippen LogP contribution >= 0.6 is 11.6 Å². The van der Waals surface area contributed by atoms with Gasteiger partial charge in [-0.1, -0.05) is 11.6 Å². The number of ketones is 1. The second kappa shape index (κ2) is 6.42. The van der Waals surface area contributed by atoms with Gasteiger partial charge in [0.05, 0.1) is 23.7 Å². The van der Waals surface area contributed by atoms with Gasteiger partial charge < -0.3 is 15.8 Å². The Morgan fingerprint density at radius 3 is 3.12 bits per heavy atom. The highest BCUT2D eigenvalue weighted by molar-refractivity contribution is 6.31. The Hall–Kier alpha value is -1.17. The number of nitrogen functional groups attached to an aromatic ring is 1. The summed E-state index contributed by atoms with van der Waals surface area (Å²) >= 11 is 5.73. The molecular weight excluding hydrogens is 230 g/mol. The Morgan fingerprint density at radius 2 is 2.44 bits per heavy atom. The van der Waals surface area contributed by atoms with Crippen LogP contribution in [0.25, 0.3) is 0 Å². The standard InChI is InChI=1S/C10H14ClN3O2/c1-16-3-2-13-6-9(15)8-4-7(11)5-14-10(8)12/h4-5,13H,2-3,6H2,1H3,(H2,12,14). The highest BCUT2D eigenvalue weighted by Crippen LogP contribution is 2.14. The first-order valence-electron chi connectivity index (χ1n) is 4.79. The molecule has 0 aromatic carbocycles. The van der Waals surface area contributed by atoms with Crippen LogP contribution < -0.4 is 11.1 Å². The minimum absolute atomic E-state index is 0.136. The molecule has 0 fully saturated rings. The van der Waals surface area contributed by atoms with E-state index in [0.29, 0.717) is 23.7 Å². The van der Waals surface area contributed by atoms with Crippen molar-refractivity contribution in [2.45, 2.75) is 0 Å². The smallest absolute Gasteiger partial charge is 0.180 e. The van der Waals surface area contributed by atoms with Crippen LogP contribution in [0.3, 0.4) is 0 Å². The maximum atomic E-state index is 11.7. The fraction of sp³-hybridized carbons (Fsp3) is 0.400. The van der Waals surface area contributed by atoms with Gasteiger partial charge in [0, 0.05) is 19.9 Å². The average Bonchev–Trinajstić information content (AvgIpc) is 2.27. The summed E-state index contributed by atoms with van der Waals surface area (Å²) in [4.78, 5) is 15.5. The number of halogens is 1. The number of hydrogen-bond donors (Lipinski definition) is 2. The number of hydrogen-bond acceptors (Lipinski definition) is 5. The first-order chi connectivity index (χ1) is 7.65. The zero-order chi connectivity index (χ0) is 12.0. The van der Waals surface area contributed by atoms with Gasteiger partial charge in [-0.05, 0) is 6.07 Å². The maximum absolute atomic E-state index is 11.7. The first kappa shape index (κ1) is 12.9. The maximum Gasteiger partial charge on any atom is 0.180 e. The van der Waals surface area contributed by atoms with Gasteiger partial charge in [0.25, 0.3) is 0 Å². The summed E-state index contributed by atoms with van der Waals surface area (Å²) in [5.74, 6) is 0.0616. The van der Waals surface area contributed by atoms with Crippen molar-refractivity contribution < 1.29 is 9.53 Å². The summed E-state index contributed by atoms with van der Waals surface area (Å²) in [5.41, 5.74) is 5.92. The second-order valence-corrected chi connectivity index (χ2v) is 3.62. The van der Waals surface area contributed by atoms with Crippen LogP contribution in [-0.4, -0.2) is 37.6 Å². The highest BCUT2D eigenvalue weighted by atomic mass is 35.5. The lowest BCUT2D eigenvalue weighted by Crippen LogP contribution is -2.26. The van der Waals surface area contributed by atoms with Gasteiger partial charge in [0.15, 0.2) is 5.78 Å². The summed E-state index contributed by atoms with van der Waals surface area (Å²) in [6.07, 6.45) is 1.41. The van der Waals surface area contributed by atoms with Gasteiger partial charge in [0.1, 0.15) is 5.82 Å². The summed E-state index contributed by atoms with van der Waals surface area (Å²) in [6, 6.07) is 1.52. The van der Waals surface area contributed by atoms with E-state index in [0.717, 1.165) is 0 Å². The van der Waals surface area contributed by atoms with E-state index in [-0.39, 0.29) is 18.1 Å². The lowest BCUT2D eigenvalue weighted by molar-refractivity contribution is 0.0988. The quantitative estimate of drug-likeness (QED) is 0.569. The summed E-state index contributed by atoms with van der Waals surface area (Å²) in [6.45, 7) is 1.35. The van der Waals surface area contributed by atoms with Gasteiger partial charge in [-0.25, -0.2) is 4.98 Å². The Balaban J connectivity index is 2.55. The summed E-state index contributed by atoms with van der Waals surface area (Å²) < 4.78 is 4.84. The molecule has 1 aromatic rings. The molecule has 0 radical (unpaired) electrons. The van der Waals surface area contributed by atoms with Crippen LogP contribution in [0, 0.1) is 0 Å². The minimum Gasteiger partial charge on any atom is -0.383 e. The van der Waals surface area contributed by atoms with Gasteiger partial charge in [0.2, 0.25) is 0 Å². The SMILES string of the molecule is COCCNCC(=O)c1cc(Cl)cnc1N. The number of rotatable bonds is 6. The molecule has 1 rings (SSSR count). The third kappa shape index (κ3) is 3.77. The van der Waals surface area contributed by atoms with Crippen LogP contribution in [0.1, 0.15) is 10.4 Å². The lowest BCUT2D eigenvalue weighted by atomic mass is 10.1. The topological polar surface area (TPSA) is 77.2 Å². The summed E-state index contributed by atoms with van der Waals surface area (Å²) in [5, 5.41) is 3.33. The number of carbonyl (C=O) groups excluding carboxylic acids is 1. The molecule has 0 bridgehead atoms. The van der Waals surface area contributed by atoms with E-state index < -0.39 is 0 Å². The number of anilines is 1. The largest absolute Gasteiger partial charge is 0.383 e. The molecule has 88 valence electrons. The number of nitrogens with two attached hydrogens (primary N) is 1. The molecule has 0 aliphatic carbocycles.